The number of hydrogen-bond donors (Lipinski definition) is 4. The lowest BCUT2D eigenvalue weighted by Gasteiger charge is -2.40. The molecule has 1 aromatic heterocycles. The fourth-order valence-corrected chi connectivity index (χ4v) is 9.43. The molecule has 5 aromatic carbocycles. The van der Waals surface area contributed by atoms with E-state index in [4.69, 9.17) is 9.47 Å². The first-order valence-electron chi connectivity index (χ1n) is 20.5. The number of para-hydroxylation sites is 2. The minimum atomic E-state index is -3.97. The largest absolute Gasteiger partial charge is 0.392 e. The van der Waals surface area contributed by atoms with Gasteiger partial charge in [0.15, 0.2) is 6.29 Å². The lowest BCUT2D eigenvalue weighted by atomic mass is 9.98. The van der Waals surface area contributed by atoms with Crippen LogP contribution in [-0.2, 0) is 43.9 Å². The maximum absolute atomic E-state index is 13.6. The van der Waals surface area contributed by atoms with Crippen molar-refractivity contribution in [2.24, 2.45) is 0 Å². The Balaban J connectivity index is 0.931. The smallest absolute Gasteiger partial charge is 0.326 e. The second-order valence-corrected chi connectivity index (χ2v) is 17.5. The van der Waals surface area contributed by atoms with Crippen LogP contribution in [0.5, 0.6) is 0 Å². The number of aromatic nitrogens is 2. The third-order valence-electron chi connectivity index (χ3n) is 11.6. The van der Waals surface area contributed by atoms with Gasteiger partial charge in [-0.15, -0.1) is 0 Å². The van der Waals surface area contributed by atoms with Crippen LogP contribution in [0, 0.1) is 6.92 Å². The van der Waals surface area contributed by atoms with E-state index in [-0.39, 0.29) is 48.4 Å². The van der Waals surface area contributed by atoms with Gasteiger partial charge in [-0.2, -0.15) is 4.72 Å². The van der Waals surface area contributed by atoms with E-state index in [1.807, 2.05) is 115 Å². The molecule has 0 aliphatic carbocycles. The molecule has 2 fully saturated rings. The number of rotatable bonds is 14. The van der Waals surface area contributed by atoms with E-state index in [1.54, 1.807) is 12.1 Å². The number of sulfonamides is 1. The summed E-state index contributed by atoms with van der Waals surface area (Å²) in [7, 11) is -3.97. The first-order chi connectivity index (χ1) is 29.1. The first-order valence-corrected chi connectivity index (χ1v) is 22.0. The molecule has 4 N–H and O–H groups in total. The second-order valence-electron chi connectivity index (χ2n) is 15.8. The Morgan fingerprint density at radius 1 is 0.817 bits per heavy atom. The van der Waals surface area contributed by atoms with Gasteiger partial charge in [0.25, 0.3) is 0 Å². The van der Waals surface area contributed by atoms with Gasteiger partial charge in [-0.05, 0) is 72.7 Å². The highest BCUT2D eigenvalue weighted by Crippen LogP contribution is 2.39. The van der Waals surface area contributed by atoms with Gasteiger partial charge in [-0.25, -0.2) is 13.2 Å². The Kier molecular flexibility index (Phi) is 12.7. The highest BCUT2D eigenvalue weighted by Gasteiger charge is 2.34. The van der Waals surface area contributed by atoms with Gasteiger partial charge < -0.3 is 29.8 Å². The average Bonchev–Trinajstić information content (AvgIpc) is 3.61. The van der Waals surface area contributed by atoms with Crippen molar-refractivity contribution in [3.05, 3.63) is 171 Å². The minimum Gasteiger partial charge on any atom is -0.392 e. The quantitative estimate of drug-likeness (QED) is 0.101. The highest BCUT2D eigenvalue weighted by atomic mass is 32.2. The van der Waals surface area contributed by atoms with Gasteiger partial charge in [0.05, 0.1) is 34.7 Å². The number of aryl methyl sites for hydroxylation is 1. The fourth-order valence-electron chi connectivity index (χ4n) is 8.23. The summed E-state index contributed by atoms with van der Waals surface area (Å²) in [6.07, 6.45) is 1.51. The van der Waals surface area contributed by atoms with Gasteiger partial charge in [-0.1, -0.05) is 109 Å². The van der Waals surface area contributed by atoms with E-state index < -0.39 is 28.3 Å². The zero-order chi connectivity index (χ0) is 41.6. The predicted octanol–water partition coefficient (Wildman–Crippen LogP) is 6.22. The number of aliphatic hydroxyl groups excluding tert-OH is 1. The van der Waals surface area contributed by atoms with Crippen LogP contribution in [0.15, 0.2) is 137 Å². The lowest BCUT2D eigenvalue weighted by Crippen LogP contribution is -2.47. The van der Waals surface area contributed by atoms with Gasteiger partial charge >= 0.3 is 5.69 Å². The normalized spacial score (nSPS) is 19.6. The predicted molar refractivity (Wildman–Crippen MR) is 229 cm³/mol. The number of fused-ring (bicyclic) bond motifs is 1. The van der Waals surface area contributed by atoms with Crippen LogP contribution in [0.1, 0.15) is 71.1 Å². The number of amides is 1. The minimum absolute atomic E-state index is 0.0374. The van der Waals surface area contributed by atoms with E-state index in [0.29, 0.717) is 13.0 Å². The lowest BCUT2D eigenvalue weighted by molar-refractivity contribution is -0.253. The standard InChI is InChI=1S/C47H51N5O7S/c1-32-11-21-40(22-12-32)60(56,57)50-42(27-33-7-3-2-4-8-33)45(54)48-29-34-13-19-37(20-14-34)46-58-39(28-44(59-46)36-17-15-35(31-53)16-18-36)30-51-25-23-38(24-26-51)52-43-10-6-5-9-41(43)49-47(52)55/h2-22,38-39,42,44,46,50,53H,23-31H2,1H3,(H,48,54)(H,49,55)/t39-,42+,44+,46?/m0/s1. The van der Waals surface area contributed by atoms with Crippen molar-refractivity contribution >= 4 is 27.0 Å². The molecule has 0 saturated carbocycles. The zero-order valence-corrected chi connectivity index (χ0v) is 34.4. The van der Waals surface area contributed by atoms with E-state index in [9.17, 15) is 23.1 Å². The van der Waals surface area contributed by atoms with Gasteiger partial charge in [0, 0.05) is 44.2 Å². The summed E-state index contributed by atoms with van der Waals surface area (Å²) >= 11 is 0. The Labute approximate surface area is 350 Å². The third-order valence-corrected chi connectivity index (χ3v) is 13.1. The number of likely N-dealkylation sites (tertiary alicyclic amines) is 1. The summed E-state index contributed by atoms with van der Waals surface area (Å²) in [5.74, 6) is -0.437. The molecule has 312 valence electrons. The van der Waals surface area contributed by atoms with E-state index in [1.165, 1.54) is 12.1 Å². The Morgan fingerprint density at radius 2 is 1.48 bits per heavy atom. The molecule has 8 rings (SSSR count). The monoisotopic (exact) mass is 829 g/mol. The van der Waals surface area contributed by atoms with Crippen molar-refractivity contribution < 1.29 is 27.8 Å². The molecule has 1 unspecified atom stereocenters. The van der Waals surface area contributed by atoms with Crippen molar-refractivity contribution in [2.75, 3.05) is 19.6 Å². The molecule has 0 spiro atoms. The summed E-state index contributed by atoms with van der Waals surface area (Å²) in [6.45, 7) is 4.41. The molecule has 2 saturated heterocycles. The molecule has 1 amide bonds. The van der Waals surface area contributed by atoms with Gasteiger partial charge in [-0.3, -0.25) is 9.36 Å². The molecule has 4 atom stereocenters. The summed E-state index contributed by atoms with van der Waals surface area (Å²) in [5.41, 5.74) is 6.98. The Bertz CT molecular complexity index is 2530. The van der Waals surface area contributed by atoms with Crippen molar-refractivity contribution in [3.63, 3.8) is 0 Å². The molecule has 2 aliphatic rings. The van der Waals surface area contributed by atoms with E-state index >= 15 is 0 Å². The number of piperidine rings is 1. The molecule has 0 bridgehead atoms. The van der Waals surface area contributed by atoms with E-state index in [2.05, 4.69) is 19.9 Å². The van der Waals surface area contributed by atoms with Gasteiger partial charge in [0.1, 0.15) is 6.04 Å². The van der Waals surface area contributed by atoms with Crippen LogP contribution < -0.4 is 15.7 Å². The maximum Gasteiger partial charge on any atom is 0.326 e. The molecule has 60 heavy (non-hydrogen) atoms. The molecule has 13 heteroatoms. The zero-order valence-electron chi connectivity index (χ0n) is 33.6. The fraction of sp³-hybridized carbons (Fsp3) is 0.319. The third kappa shape index (κ3) is 9.79. The molecule has 12 nitrogen and oxygen atoms in total. The number of hydrogen-bond acceptors (Lipinski definition) is 8. The van der Waals surface area contributed by atoms with Crippen LogP contribution in [0.4, 0.5) is 0 Å². The van der Waals surface area contributed by atoms with Gasteiger partial charge in [0.2, 0.25) is 15.9 Å². The second kappa shape index (κ2) is 18.5. The number of nitrogens with one attached hydrogen (secondary N) is 3. The van der Waals surface area contributed by atoms with Crippen molar-refractivity contribution in [1.82, 2.24) is 24.5 Å². The molecular formula is C47H51N5O7S. The Morgan fingerprint density at radius 3 is 2.20 bits per heavy atom. The van der Waals surface area contributed by atoms with Crippen molar-refractivity contribution in [2.45, 2.75) is 81.2 Å². The number of aliphatic hydroxyl groups is 1. The van der Waals surface area contributed by atoms with Crippen LogP contribution in [-0.4, -0.2) is 65.7 Å². The number of carbonyl (C=O) groups is 1. The average molecular weight is 830 g/mol. The maximum atomic E-state index is 13.6. The molecule has 3 heterocycles. The number of benzene rings is 5. The molecule has 6 aromatic rings. The Hall–Kier alpha value is -5.41. The molecular weight excluding hydrogens is 779 g/mol. The molecule has 0 radical (unpaired) electrons. The topological polar surface area (TPSA) is 155 Å². The van der Waals surface area contributed by atoms with Crippen molar-refractivity contribution in [1.29, 1.82) is 0 Å². The summed E-state index contributed by atoms with van der Waals surface area (Å²) in [6, 6.07) is 38.3. The van der Waals surface area contributed by atoms with Crippen LogP contribution >= 0.6 is 0 Å². The number of aromatic amines is 1. The highest BCUT2D eigenvalue weighted by molar-refractivity contribution is 7.89. The van der Waals surface area contributed by atoms with E-state index in [0.717, 1.165) is 70.3 Å². The SMILES string of the molecule is Cc1ccc(S(=O)(=O)N[C@H](Cc2ccccc2)C(=O)NCc2ccc(C3O[C@H](CN4CCC(n5c(=O)[nH]c6ccccc65)CC4)C[C@H](c4ccc(CO)cc4)O3)cc2)cc1. The number of nitrogens with zero attached hydrogens (tertiary/aromatic N) is 2. The first kappa shape index (κ1) is 41.3. The van der Waals surface area contributed by atoms with Crippen LogP contribution in [0.25, 0.3) is 11.0 Å². The van der Waals surface area contributed by atoms with Crippen LogP contribution in [0.2, 0.25) is 0 Å². The number of imidazole rings is 1. The molecule has 2 aliphatic heterocycles. The number of ether oxygens (including phenoxy) is 2. The summed E-state index contributed by atoms with van der Waals surface area (Å²) in [4.78, 5) is 32.0. The number of H-pyrrole nitrogens is 1. The van der Waals surface area contributed by atoms with Crippen LogP contribution in [0.3, 0.4) is 0 Å². The number of carbonyl (C=O) groups excluding carboxylic acids is 1. The van der Waals surface area contributed by atoms with Crippen molar-refractivity contribution in [3.8, 4) is 0 Å². The summed E-state index contributed by atoms with van der Waals surface area (Å²) < 4.78 is 44.5. The summed E-state index contributed by atoms with van der Waals surface area (Å²) in [5, 5.41) is 12.6.